The number of carbonyl (C=O) groups is 1. The number of rotatable bonds is 3. The summed E-state index contributed by atoms with van der Waals surface area (Å²) in [6.07, 6.45) is 0.966. The van der Waals surface area contributed by atoms with E-state index in [-0.39, 0.29) is 11.3 Å². The first kappa shape index (κ1) is 15.9. The molecule has 1 aromatic rings. The molecule has 0 unspecified atom stereocenters. The highest BCUT2D eigenvalue weighted by atomic mass is 19.2. The Morgan fingerprint density at radius 1 is 1.27 bits per heavy atom. The van der Waals surface area contributed by atoms with Crippen molar-refractivity contribution in [1.82, 2.24) is 4.90 Å². The summed E-state index contributed by atoms with van der Waals surface area (Å²) >= 11 is 0. The molecule has 1 N–H and O–H groups in total. The van der Waals surface area contributed by atoms with Crippen molar-refractivity contribution in [2.45, 2.75) is 0 Å². The number of amides is 1. The molecule has 0 saturated carbocycles. The predicted octanol–water partition coefficient (Wildman–Crippen LogP) is 1.78. The Morgan fingerprint density at radius 3 is 2.59 bits per heavy atom. The first-order valence-corrected chi connectivity index (χ1v) is 6.42. The van der Waals surface area contributed by atoms with Gasteiger partial charge in [0.15, 0.2) is 17.5 Å². The Balaban J connectivity index is 2.14. The molecule has 0 aliphatic carbocycles. The molecule has 0 radical (unpaired) electrons. The summed E-state index contributed by atoms with van der Waals surface area (Å²) in [5.74, 6) is -4.91. The van der Waals surface area contributed by atoms with E-state index in [4.69, 9.17) is 10.00 Å². The van der Waals surface area contributed by atoms with Crippen LogP contribution in [-0.2, 0) is 9.53 Å². The second kappa shape index (κ2) is 6.95. The zero-order valence-corrected chi connectivity index (χ0v) is 11.4. The zero-order valence-electron chi connectivity index (χ0n) is 11.4. The van der Waals surface area contributed by atoms with Crippen LogP contribution >= 0.6 is 0 Å². The van der Waals surface area contributed by atoms with Crippen molar-refractivity contribution in [3.63, 3.8) is 0 Å². The highest BCUT2D eigenvalue weighted by molar-refractivity contribution is 5.97. The van der Waals surface area contributed by atoms with Crippen molar-refractivity contribution >= 4 is 11.6 Å². The number of nitrogens with zero attached hydrogens (tertiary/aromatic N) is 2. The number of morpholine rings is 1. The lowest BCUT2D eigenvalue weighted by atomic mass is 10.2. The smallest absolute Gasteiger partial charge is 0.266 e. The van der Waals surface area contributed by atoms with Gasteiger partial charge in [0.2, 0.25) is 0 Å². The van der Waals surface area contributed by atoms with Crippen LogP contribution in [0.15, 0.2) is 23.9 Å². The predicted molar refractivity (Wildman–Crippen MR) is 71.0 cm³/mol. The zero-order chi connectivity index (χ0) is 16.1. The molecular weight excluding hydrogens is 299 g/mol. The third-order valence-corrected chi connectivity index (χ3v) is 3.06. The molecule has 1 aromatic carbocycles. The molecule has 0 spiro atoms. The Bertz CT molecular complexity index is 649. The lowest BCUT2D eigenvalue weighted by Crippen LogP contribution is -2.41. The largest absolute Gasteiger partial charge is 0.378 e. The second-order valence-electron chi connectivity index (χ2n) is 4.44. The maximum absolute atomic E-state index is 13.5. The van der Waals surface area contributed by atoms with E-state index in [0.29, 0.717) is 26.3 Å². The highest BCUT2D eigenvalue weighted by Gasteiger charge is 2.21. The Labute approximate surface area is 124 Å². The highest BCUT2D eigenvalue weighted by Crippen LogP contribution is 2.20. The van der Waals surface area contributed by atoms with E-state index < -0.39 is 23.4 Å². The Hall–Kier alpha value is -2.53. The van der Waals surface area contributed by atoms with E-state index in [2.05, 4.69) is 5.32 Å². The fourth-order valence-corrected chi connectivity index (χ4v) is 1.87. The summed E-state index contributed by atoms with van der Waals surface area (Å²) in [6, 6.07) is 3.40. The molecule has 1 aliphatic heterocycles. The molecule has 1 fully saturated rings. The van der Waals surface area contributed by atoms with E-state index in [1.165, 1.54) is 4.90 Å². The second-order valence-corrected chi connectivity index (χ2v) is 4.44. The maximum Gasteiger partial charge on any atom is 0.266 e. The molecule has 1 aliphatic rings. The summed E-state index contributed by atoms with van der Waals surface area (Å²) in [5, 5.41) is 11.3. The SMILES string of the molecule is N#C/C(=C/Nc1ccc(F)c(F)c1F)C(=O)N1CCOCC1. The van der Waals surface area contributed by atoms with Crippen LogP contribution in [0.25, 0.3) is 0 Å². The molecule has 22 heavy (non-hydrogen) atoms. The fraction of sp³-hybridized carbons (Fsp3) is 0.286. The summed E-state index contributed by atoms with van der Waals surface area (Å²) in [6.45, 7) is 1.43. The minimum Gasteiger partial charge on any atom is -0.378 e. The Morgan fingerprint density at radius 2 is 1.95 bits per heavy atom. The molecule has 0 aromatic heterocycles. The van der Waals surface area contributed by atoms with Crippen LogP contribution in [-0.4, -0.2) is 37.1 Å². The van der Waals surface area contributed by atoms with Crippen LogP contribution in [0.4, 0.5) is 18.9 Å². The van der Waals surface area contributed by atoms with Crippen LogP contribution in [0.2, 0.25) is 0 Å². The summed E-state index contributed by atoms with van der Waals surface area (Å²) in [5.41, 5.74) is -0.646. The molecule has 116 valence electrons. The number of anilines is 1. The number of nitriles is 1. The first-order chi connectivity index (χ1) is 10.5. The van der Waals surface area contributed by atoms with Gasteiger partial charge in [-0.05, 0) is 12.1 Å². The van der Waals surface area contributed by atoms with Crippen LogP contribution in [0.5, 0.6) is 0 Å². The van der Waals surface area contributed by atoms with Gasteiger partial charge in [0, 0.05) is 19.3 Å². The molecule has 5 nitrogen and oxygen atoms in total. The third-order valence-electron chi connectivity index (χ3n) is 3.06. The van der Waals surface area contributed by atoms with Crippen molar-refractivity contribution < 1.29 is 22.7 Å². The van der Waals surface area contributed by atoms with Gasteiger partial charge in [-0.1, -0.05) is 0 Å². The molecule has 1 amide bonds. The fourth-order valence-electron chi connectivity index (χ4n) is 1.87. The van der Waals surface area contributed by atoms with Crippen molar-refractivity contribution in [3.8, 4) is 6.07 Å². The molecule has 2 rings (SSSR count). The van der Waals surface area contributed by atoms with E-state index >= 15 is 0 Å². The number of hydrogen-bond donors (Lipinski definition) is 1. The van der Waals surface area contributed by atoms with Gasteiger partial charge in [-0.3, -0.25) is 4.79 Å². The van der Waals surface area contributed by atoms with Gasteiger partial charge in [0.1, 0.15) is 11.6 Å². The normalized spacial score (nSPS) is 15.4. The summed E-state index contributed by atoms with van der Waals surface area (Å²) in [4.78, 5) is 13.5. The number of ether oxygens (including phenoxy) is 1. The van der Waals surface area contributed by atoms with Crippen LogP contribution in [0, 0.1) is 28.8 Å². The molecule has 0 atom stereocenters. The standard InChI is InChI=1S/C14H12F3N3O2/c15-10-1-2-11(13(17)12(10)16)19-8-9(7-18)14(21)20-3-5-22-6-4-20/h1-2,8,19H,3-6H2/b9-8-. The minimum absolute atomic E-state index is 0.272. The van der Waals surface area contributed by atoms with Gasteiger partial charge in [-0.2, -0.15) is 5.26 Å². The van der Waals surface area contributed by atoms with Crippen molar-refractivity contribution in [2.24, 2.45) is 0 Å². The average Bonchev–Trinajstić information content (AvgIpc) is 2.55. The number of hydrogen-bond acceptors (Lipinski definition) is 4. The molecule has 0 bridgehead atoms. The summed E-state index contributed by atoms with van der Waals surface area (Å²) in [7, 11) is 0. The number of benzene rings is 1. The van der Waals surface area contributed by atoms with E-state index in [9.17, 15) is 18.0 Å². The molecule has 8 heteroatoms. The van der Waals surface area contributed by atoms with Gasteiger partial charge in [0.05, 0.1) is 18.9 Å². The number of carbonyl (C=O) groups excluding carboxylic acids is 1. The van der Waals surface area contributed by atoms with E-state index in [1.54, 1.807) is 6.07 Å². The van der Waals surface area contributed by atoms with Crippen molar-refractivity contribution in [3.05, 3.63) is 41.4 Å². The maximum atomic E-state index is 13.5. The average molecular weight is 311 g/mol. The van der Waals surface area contributed by atoms with Crippen LogP contribution in [0.1, 0.15) is 0 Å². The van der Waals surface area contributed by atoms with Crippen molar-refractivity contribution in [1.29, 1.82) is 5.26 Å². The molecule has 1 heterocycles. The van der Waals surface area contributed by atoms with E-state index in [0.717, 1.165) is 18.3 Å². The van der Waals surface area contributed by atoms with Gasteiger partial charge in [0.25, 0.3) is 5.91 Å². The van der Waals surface area contributed by atoms with Crippen LogP contribution < -0.4 is 5.32 Å². The van der Waals surface area contributed by atoms with Gasteiger partial charge in [-0.25, -0.2) is 13.2 Å². The lowest BCUT2D eigenvalue weighted by molar-refractivity contribution is -0.130. The third kappa shape index (κ3) is 3.38. The topological polar surface area (TPSA) is 65.4 Å². The number of halogens is 3. The van der Waals surface area contributed by atoms with Gasteiger partial charge < -0.3 is 15.0 Å². The quantitative estimate of drug-likeness (QED) is 0.525. The first-order valence-electron chi connectivity index (χ1n) is 6.42. The summed E-state index contributed by atoms with van der Waals surface area (Å²) < 4.78 is 44.5. The molecular formula is C14H12F3N3O2. The number of nitrogens with one attached hydrogen (secondary N) is 1. The monoisotopic (exact) mass is 311 g/mol. The Kier molecular flexibility index (Phi) is 5.01. The minimum atomic E-state index is -1.63. The van der Waals surface area contributed by atoms with Crippen LogP contribution in [0.3, 0.4) is 0 Å². The molecule has 1 saturated heterocycles. The van der Waals surface area contributed by atoms with Gasteiger partial charge in [-0.15, -0.1) is 0 Å². The van der Waals surface area contributed by atoms with Crippen molar-refractivity contribution in [2.75, 3.05) is 31.6 Å². The van der Waals surface area contributed by atoms with E-state index in [1.807, 2.05) is 0 Å². The van der Waals surface area contributed by atoms with Gasteiger partial charge >= 0.3 is 0 Å². The lowest BCUT2D eigenvalue weighted by Gasteiger charge is -2.26.